The van der Waals surface area contributed by atoms with Crippen LogP contribution in [0.4, 0.5) is 0 Å². The molecule has 20 heavy (non-hydrogen) atoms. The van der Waals surface area contributed by atoms with Crippen molar-refractivity contribution in [1.29, 1.82) is 0 Å². The fourth-order valence-electron chi connectivity index (χ4n) is 3.42. The monoisotopic (exact) mass is 339 g/mol. The molecule has 0 unspecified atom stereocenters. The van der Waals surface area contributed by atoms with E-state index in [0.717, 1.165) is 17.6 Å². The predicted octanol–water partition coefficient (Wildman–Crippen LogP) is 4.21. The first-order valence-electron chi connectivity index (χ1n) is 7.67. The van der Waals surface area contributed by atoms with Crippen LogP contribution < -0.4 is 0 Å². The van der Waals surface area contributed by atoms with E-state index in [9.17, 15) is 5.11 Å². The second kappa shape index (κ2) is 7.58. The topological polar surface area (TPSA) is 23.5 Å². The quantitative estimate of drug-likeness (QED) is 0.812. The van der Waals surface area contributed by atoms with E-state index < -0.39 is 0 Å². The third kappa shape index (κ3) is 4.57. The molecular formula is C17H26BrNO. The number of rotatable bonds is 5. The lowest BCUT2D eigenvalue weighted by Crippen LogP contribution is -2.38. The average Bonchev–Trinajstić information content (AvgIpc) is 2.65. The fraction of sp³-hybridized carbons (Fsp3) is 0.647. The SMILES string of the molecule is CN(Cc1cccc(Br)c1)CC1(CO)CCCCCC1. The number of hydrogen-bond acceptors (Lipinski definition) is 2. The molecule has 112 valence electrons. The van der Waals surface area contributed by atoms with Crippen molar-refractivity contribution in [2.75, 3.05) is 20.2 Å². The van der Waals surface area contributed by atoms with Gasteiger partial charge in [-0.3, -0.25) is 0 Å². The molecule has 1 aromatic rings. The largest absolute Gasteiger partial charge is 0.396 e. The van der Waals surface area contributed by atoms with Crippen LogP contribution in [0, 0.1) is 5.41 Å². The molecule has 1 aromatic carbocycles. The highest BCUT2D eigenvalue weighted by atomic mass is 79.9. The van der Waals surface area contributed by atoms with Gasteiger partial charge in [-0.2, -0.15) is 0 Å². The summed E-state index contributed by atoms with van der Waals surface area (Å²) in [5.41, 5.74) is 1.45. The molecule has 0 saturated heterocycles. The van der Waals surface area contributed by atoms with Gasteiger partial charge < -0.3 is 10.0 Å². The second-order valence-electron chi connectivity index (χ2n) is 6.37. The van der Waals surface area contributed by atoms with Crippen LogP contribution >= 0.6 is 15.9 Å². The summed E-state index contributed by atoms with van der Waals surface area (Å²) in [5, 5.41) is 9.89. The lowest BCUT2D eigenvalue weighted by Gasteiger charge is -2.35. The molecule has 0 heterocycles. The minimum absolute atomic E-state index is 0.122. The van der Waals surface area contributed by atoms with Crippen molar-refractivity contribution in [3.63, 3.8) is 0 Å². The van der Waals surface area contributed by atoms with E-state index >= 15 is 0 Å². The Morgan fingerprint density at radius 2 is 1.90 bits per heavy atom. The summed E-state index contributed by atoms with van der Waals surface area (Å²) in [6, 6.07) is 8.49. The molecular weight excluding hydrogens is 314 g/mol. The zero-order chi connectivity index (χ0) is 14.4. The Bertz CT molecular complexity index is 413. The summed E-state index contributed by atoms with van der Waals surface area (Å²) in [6.07, 6.45) is 7.55. The Morgan fingerprint density at radius 1 is 1.20 bits per heavy atom. The van der Waals surface area contributed by atoms with Gasteiger partial charge in [0.05, 0.1) is 0 Å². The average molecular weight is 340 g/mol. The van der Waals surface area contributed by atoms with E-state index in [0.29, 0.717) is 6.61 Å². The summed E-state index contributed by atoms with van der Waals surface area (Å²) < 4.78 is 1.13. The number of nitrogens with zero attached hydrogens (tertiary/aromatic N) is 1. The van der Waals surface area contributed by atoms with E-state index in [1.165, 1.54) is 44.1 Å². The zero-order valence-corrected chi connectivity index (χ0v) is 14.0. The van der Waals surface area contributed by atoms with Gasteiger partial charge in [-0.1, -0.05) is 53.7 Å². The molecule has 3 heteroatoms. The van der Waals surface area contributed by atoms with Gasteiger partial charge in [0.2, 0.25) is 0 Å². The smallest absolute Gasteiger partial charge is 0.0499 e. The predicted molar refractivity (Wildman–Crippen MR) is 87.7 cm³/mol. The van der Waals surface area contributed by atoms with E-state index in [2.05, 4.69) is 52.1 Å². The molecule has 1 fully saturated rings. The number of hydrogen-bond donors (Lipinski definition) is 1. The Morgan fingerprint density at radius 3 is 2.50 bits per heavy atom. The van der Waals surface area contributed by atoms with Gasteiger partial charge in [0.1, 0.15) is 0 Å². The molecule has 0 atom stereocenters. The molecule has 0 aromatic heterocycles. The fourth-order valence-corrected chi connectivity index (χ4v) is 3.87. The van der Waals surface area contributed by atoms with Crippen molar-refractivity contribution in [3.05, 3.63) is 34.3 Å². The van der Waals surface area contributed by atoms with Gasteiger partial charge in [-0.05, 0) is 37.6 Å². The molecule has 1 N–H and O–H groups in total. The molecule has 2 nitrogen and oxygen atoms in total. The number of aliphatic hydroxyl groups is 1. The molecule has 0 aliphatic heterocycles. The normalized spacial score (nSPS) is 19.0. The highest BCUT2D eigenvalue weighted by Gasteiger charge is 2.31. The van der Waals surface area contributed by atoms with Crippen molar-refractivity contribution in [3.8, 4) is 0 Å². The van der Waals surface area contributed by atoms with Gasteiger partial charge in [0.15, 0.2) is 0 Å². The molecule has 2 rings (SSSR count). The molecule has 1 aliphatic rings. The van der Waals surface area contributed by atoms with Crippen molar-refractivity contribution >= 4 is 15.9 Å². The Labute approximate surface area is 131 Å². The van der Waals surface area contributed by atoms with Crippen molar-refractivity contribution < 1.29 is 5.11 Å². The summed E-state index contributed by atoms with van der Waals surface area (Å²) >= 11 is 3.53. The maximum Gasteiger partial charge on any atom is 0.0499 e. The lowest BCUT2D eigenvalue weighted by molar-refractivity contribution is 0.0663. The Balaban J connectivity index is 1.96. The van der Waals surface area contributed by atoms with Crippen molar-refractivity contribution in [2.45, 2.75) is 45.1 Å². The lowest BCUT2D eigenvalue weighted by atomic mass is 9.80. The third-order valence-corrected chi connectivity index (χ3v) is 4.94. The van der Waals surface area contributed by atoms with E-state index in [-0.39, 0.29) is 5.41 Å². The molecule has 0 amide bonds. The third-order valence-electron chi connectivity index (χ3n) is 4.45. The van der Waals surface area contributed by atoms with Crippen LogP contribution in [0.3, 0.4) is 0 Å². The highest BCUT2D eigenvalue weighted by Crippen LogP contribution is 2.35. The molecule has 0 spiro atoms. The molecule has 1 saturated carbocycles. The van der Waals surface area contributed by atoms with Crippen molar-refractivity contribution in [2.24, 2.45) is 5.41 Å². The van der Waals surface area contributed by atoms with Crippen LogP contribution in [0.25, 0.3) is 0 Å². The van der Waals surface area contributed by atoms with Gasteiger partial charge in [0, 0.05) is 29.6 Å². The van der Waals surface area contributed by atoms with Crippen LogP contribution in [0.2, 0.25) is 0 Å². The number of benzene rings is 1. The van der Waals surface area contributed by atoms with Gasteiger partial charge in [0.25, 0.3) is 0 Å². The minimum Gasteiger partial charge on any atom is -0.396 e. The van der Waals surface area contributed by atoms with Gasteiger partial charge in [-0.15, -0.1) is 0 Å². The number of halogens is 1. The first kappa shape index (κ1) is 16.0. The Kier molecular flexibility index (Phi) is 6.06. The molecule has 1 aliphatic carbocycles. The van der Waals surface area contributed by atoms with E-state index in [1.807, 2.05) is 0 Å². The Hall–Kier alpha value is -0.380. The second-order valence-corrected chi connectivity index (χ2v) is 7.29. The maximum absolute atomic E-state index is 9.89. The van der Waals surface area contributed by atoms with Gasteiger partial charge in [-0.25, -0.2) is 0 Å². The first-order chi connectivity index (χ1) is 9.63. The zero-order valence-electron chi connectivity index (χ0n) is 12.4. The molecule has 0 radical (unpaired) electrons. The first-order valence-corrected chi connectivity index (χ1v) is 8.47. The maximum atomic E-state index is 9.89. The minimum atomic E-state index is 0.122. The molecule has 0 bridgehead atoms. The van der Waals surface area contributed by atoms with Crippen LogP contribution in [0.5, 0.6) is 0 Å². The summed E-state index contributed by atoms with van der Waals surface area (Å²) in [5.74, 6) is 0. The van der Waals surface area contributed by atoms with E-state index in [1.54, 1.807) is 0 Å². The van der Waals surface area contributed by atoms with Crippen LogP contribution in [-0.4, -0.2) is 30.2 Å². The summed E-state index contributed by atoms with van der Waals surface area (Å²) in [6.45, 7) is 2.27. The highest BCUT2D eigenvalue weighted by molar-refractivity contribution is 9.10. The summed E-state index contributed by atoms with van der Waals surface area (Å²) in [7, 11) is 2.17. The van der Waals surface area contributed by atoms with E-state index in [4.69, 9.17) is 0 Å². The number of aliphatic hydroxyl groups excluding tert-OH is 1. The standard InChI is InChI=1S/C17H26BrNO/c1-19(12-15-7-6-8-16(18)11-15)13-17(14-20)9-4-2-3-5-10-17/h6-8,11,20H,2-5,9-10,12-14H2,1H3. The van der Waals surface area contributed by atoms with Gasteiger partial charge >= 0.3 is 0 Å². The van der Waals surface area contributed by atoms with Crippen LogP contribution in [-0.2, 0) is 6.54 Å². The van der Waals surface area contributed by atoms with Crippen molar-refractivity contribution in [1.82, 2.24) is 4.90 Å². The van der Waals surface area contributed by atoms with Crippen LogP contribution in [0.1, 0.15) is 44.1 Å². The summed E-state index contributed by atoms with van der Waals surface area (Å²) in [4.78, 5) is 2.36. The van der Waals surface area contributed by atoms with Crippen LogP contribution in [0.15, 0.2) is 28.7 Å².